The smallest absolute Gasteiger partial charge is 0.247 e. The van der Waals surface area contributed by atoms with E-state index >= 15 is 0 Å². The van der Waals surface area contributed by atoms with Crippen LogP contribution in [0.15, 0.2) is 22.7 Å². The predicted octanol–water partition coefficient (Wildman–Crippen LogP) is 2.25. The van der Waals surface area contributed by atoms with Gasteiger partial charge in [0.1, 0.15) is 10.8 Å². The Morgan fingerprint density at radius 3 is 2.66 bits per heavy atom. The van der Waals surface area contributed by atoms with Crippen molar-refractivity contribution in [1.82, 2.24) is 9.97 Å². The van der Waals surface area contributed by atoms with Crippen molar-refractivity contribution >= 4 is 40.9 Å². The van der Waals surface area contributed by atoms with Crippen LogP contribution in [0.3, 0.4) is 0 Å². The summed E-state index contributed by atoms with van der Waals surface area (Å²) in [6.07, 6.45) is 0. The number of carbonyl (C=O) groups excluding carboxylic acids is 1. The van der Waals surface area contributed by atoms with E-state index in [1.807, 2.05) is 0 Å². The normalized spacial score (nSPS) is 14.0. The van der Waals surface area contributed by atoms with Gasteiger partial charge in [-0.1, -0.05) is 11.6 Å². The molecule has 0 fully saturated rings. The van der Waals surface area contributed by atoms with Crippen LogP contribution < -0.4 is 16.8 Å². The first kappa shape index (κ1) is 21.2. The van der Waals surface area contributed by atoms with E-state index in [-0.39, 0.29) is 29.0 Å². The Morgan fingerprint density at radius 2 is 2.07 bits per heavy atom. The highest BCUT2D eigenvalue weighted by atomic mass is 35.5. The van der Waals surface area contributed by atoms with E-state index in [0.717, 1.165) is 0 Å². The van der Waals surface area contributed by atoms with Crippen molar-refractivity contribution in [2.24, 2.45) is 11.5 Å². The molecule has 0 bridgehead atoms. The molecule has 7 N–H and O–H groups in total. The number of amides is 1. The number of nitrogens with zero attached hydrogens (tertiary/aromatic N) is 2. The minimum atomic E-state index is -0.664. The summed E-state index contributed by atoms with van der Waals surface area (Å²) >= 11 is 7.41. The van der Waals surface area contributed by atoms with Gasteiger partial charge < -0.3 is 27.0 Å². The molecule has 1 aromatic heterocycles. The molecule has 0 spiro atoms. The number of hydrogen-bond donors (Lipinski definition) is 5. The van der Waals surface area contributed by atoms with Crippen molar-refractivity contribution < 1.29 is 15.0 Å². The molecule has 3 rings (SSSR count). The zero-order chi connectivity index (χ0) is 21.5. The van der Waals surface area contributed by atoms with Crippen LogP contribution in [0.1, 0.15) is 25.0 Å². The second kappa shape index (κ2) is 7.74. The van der Waals surface area contributed by atoms with Crippen molar-refractivity contribution in [2.45, 2.75) is 31.3 Å². The largest absolute Gasteiger partial charge is 0.506 e. The quantitative estimate of drug-likeness (QED) is 0.449. The Balaban J connectivity index is 2.29. The summed E-state index contributed by atoms with van der Waals surface area (Å²) in [6.45, 7) is 5.24. The van der Waals surface area contributed by atoms with Crippen LogP contribution in [0.2, 0.25) is 5.02 Å². The summed E-state index contributed by atoms with van der Waals surface area (Å²) in [6, 6.07) is 3.25. The fraction of sp³-hybridized carbons (Fsp3) is 0.316. The topological polar surface area (TPSA) is 147 Å². The Labute approximate surface area is 177 Å². The van der Waals surface area contributed by atoms with Gasteiger partial charge in [0.25, 0.3) is 0 Å². The van der Waals surface area contributed by atoms with Crippen LogP contribution in [0, 0.1) is 6.92 Å². The maximum atomic E-state index is 11.8. The van der Waals surface area contributed by atoms with Crippen LogP contribution >= 0.6 is 23.4 Å². The number of nitrogens with one attached hydrogen (secondary N) is 1. The molecule has 2 heterocycles. The maximum absolute atomic E-state index is 11.8. The number of benzene rings is 1. The standard InChI is InChI=1S/C19H22ClN5O3S/c1-8-4-9(5-11(27)13(8)20)15-12-14(21)10(16(22)28)6-29-17(12)24-18(23-15)25-19(2,3)7-26/h4-5,26-27H,6-7,21H2,1-3H3,(H2,22,28)(H,23,24,25). The number of phenols is 1. The van der Waals surface area contributed by atoms with E-state index in [0.29, 0.717) is 38.7 Å². The third kappa shape index (κ3) is 4.12. The number of thioether (sulfide) groups is 1. The van der Waals surface area contributed by atoms with Gasteiger partial charge in [0.15, 0.2) is 0 Å². The number of carbonyl (C=O) groups is 1. The molecule has 8 nitrogen and oxygen atoms in total. The third-order valence-electron chi connectivity index (χ3n) is 4.48. The maximum Gasteiger partial charge on any atom is 0.247 e. The van der Waals surface area contributed by atoms with Gasteiger partial charge in [-0.25, -0.2) is 9.97 Å². The molecule has 1 aliphatic rings. The van der Waals surface area contributed by atoms with E-state index in [2.05, 4.69) is 15.3 Å². The summed E-state index contributed by atoms with van der Waals surface area (Å²) < 4.78 is 0. The Kier molecular flexibility index (Phi) is 5.66. The van der Waals surface area contributed by atoms with Crippen LogP contribution in [0.5, 0.6) is 5.75 Å². The molecular formula is C19H22ClN5O3S. The molecular weight excluding hydrogens is 414 g/mol. The van der Waals surface area contributed by atoms with Crippen LogP contribution in [0.4, 0.5) is 5.95 Å². The highest BCUT2D eigenvalue weighted by Crippen LogP contribution is 2.41. The Bertz CT molecular complexity index is 1020. The van der Waals surface area contributed by atoms with Crippen LogP contribution in [-0.2, 0) is 4.79 Å². The zero-order valence-corrected chi connectivity index (χ0v) is 17.8. The van der Waals surface area contributed by atoms with E-state index in [1.54, 1.807) is 26.8 Å². The van der Waals surface area contributed by atoms with Gasteiger partial charge in [0.2, 0.25) is 11.9 Å². The van der Waals surface area contributed by atoms with Crippen molar-refractivity contribution in [3.8, 4) is 17.0 Å². The van der Waals surface area contributed by atoms with Gasteiger partial charge >= 0.3 is 0 Å². The van der Waals surface area contributed by atoms with Gasteiger partial charge in [-0.2, -0.15) is 0 Å². The molecule has 0 unspecified atom stereocenters. The minimum absolute atomic E-state index is 0.0969. The highest BCUT2D eigenvalue weighted by Gasteiger charge is 2.28. The predicted molar refractivity (Wildman–Crippen MR) is 115 cm³/mol. The zero-order valence-electron chi connectivity index (χ0n) is 16.2. The molecule has 2 aromatic rings. The average Bonchev–Trinajstić information content (AvgIpc) is 2.64. The summed E-state index contributed by atoms with van der Waals surface area (Å²) in [4.78, 5) is 20.9. The number of anilines is 1. The van der Waals surface area contributed by atoms with E-state index in [4.69, 9.17) is 23.1 Å². The lowest BCUT2D eigenvalue weighted by atomic mass is 10.00. The van der Waals surface area contributed by atoms with Gasteiger partial charge in [0.05, 0.1) is 39.7 Å². The first-order chi connectivity index (χ1) is 13.5. The number of aliphatic hydroxyl groups is 1. The number of aliphatic hydroxyl groups excluding tert-OH is 1. The molecule has 0 radical (unpaired) electrons. The van der Waals surface area contributed by atoms with Gasteiger partial charge in [-0.15, -0.1) is 11.8 Å². The monoisotopic (exact) mass is 435 g/mol. The second-order valence-corrected chi connectivity index (χ2v) is 8.76. The van der Waals surface area contributed by atoms with Gasteiger partial charge in [-0.05, 0) is 38.5 Å². The van der Waals surface area contributed by atoms with E-state index in [9.17, 15) is 15.0 Å². The highest BCUT2D eigenvalue weighted by molar-refractivity contribution is 7.99. The fourth-order valence-corrected chi connectivity index (χ4v) is 4.04. The van der Waals surface area contributed by atoms with Gasteiger partial charge in [0, 0.05) is 11.3 Å². The first-order valence-corrected chi connectivity index (χ1v) is 10.1. The molecule has 0 atom stereocenters. The third-order valence-corrected chi connectivity index (χ3v) is 5.97. The lowest BCUT2D eigenvalue weighted by Gasteiger charge is -2.26. The Hall–Kier alpha value is -2.49. The number of aromatic hydroxyl groups is 1. The van der Waals surface area contributed by atoms with E-state index < -0.39 is 11.4 Å². The minimum Gasteiger partial charge on any atom is -0.506 e. The number of phenolic OH excluding ortho intramolecular Hbond substituents is 1. The first-order valence-electron chi connectivity index (χ1n) is 8.76. The molecule has 0 saturated carbocycles. The van der Waals surface area contributed by atoms with Crippen LogP contribution in [-0.4, -0.2) is 44.0 Å². The molecule has 1 aliphatic heterocycles. The molecule has 0 aliphatic carbocycles. The molecule has 29 heavy (non-hydrogen) atoms. The van der Waals surface area contributed by atoms with E-state index in [1.165, 1.54) is 17.8 Å². The number of halogens is 1. The van der Waals surface area contributed by atoms with Crippen LogP contribution in [0.25, 0.3) is 17.0 Å². The molecule has 154 valence electrons. The van der Waals surface area contributed by atoms with Crippen molar-refractivity contribution in [3.63, 3.8) is 0 Å². The fourth-order valence-electron chi connectivity index (χ4n) is 2.86. The lowest BCUT2D eigenvalue weighted by Crippen LogP contribution is -2.36. The number of nitrogens with two attached hydrogens (primary N) is 2. The number of hydrogen-bond acceptors (Lipinski definition) is 8. The summed E-state index contributed by atoms with van der Waals surface area (Å²) in [7, 11) is 0. The number of primary amides is 1. The molecule has 10 heteroatoms. The lowest BCUT2D eigenvalue weighted by molar-refractivity contribution is -0.114. The van der Waals surface area contributed by atoms with Gasteiger partial charge in [-0.3, -0.25) is 4.79 Å². The summed E-state index contributed by atoms with van der Waals surface area (Å²) in [5.41, 5.74) is 13.7. The molecule has 1 aromatic carbocycles. The summed E-state index contributed by atoms with van der Waals surface area (Å²) in [5, 5.41) is 23.7. The number of fused-ring (bicyclic) bond motifs is 1. The summed E-state index contributed by atoms with van der Waals surface area (Å²) in [5.74, 6) is -0.128. The van der Waals surface area contributed by atoms with Crippen molar-refractivity contribution in [2.75, 3.05) is 17.7 Å². The molecule has 0 saturated heterocycles. The van der Waals surface area contributed by atoms with Crippen molar-refractivity contribution in [3.05, 3.63) is 33.9 Å². The number of aryl methyl sites for hydroxylation is 1. The Morgan fingerprint density at radius 1 is 1.38 bits per heavy atom. The number of rotatable bonds is 5. The van der Waals surface area contributed by atoms with Crippen molar-refractivity contribution in [1.29, 1.82) is 0 Å². The number of aromatic nitrogens is 2. The SMILES string of the molecule is Cc1cc(-c2nc(NC(C)(C)CO)nc3c2C(N)=C(C(N)=O)CS3)cc(O)c1Cl. The molecule has 1 amide bonds. The second-order valence-electron chi connectivity index (χ2n) is 7.41. The average molecular weight is 436 g/mol.